The topological polar surface area (TPSA) is 192 Å². The zero-order chi connectivity index (χ0) is 42.0. The summed E-state index contributed by atoms with van der Waals surface area (Å²) in [7, 11) is 2.55. The van der Waals surface area contributed by atoms with Crippen LogP contribution in [0.3, 0.4) is 0 Å². The van der Waals surface area contributed by atoms with Gasteiger partial charge in [0, 0.05) is 58.5 Å². The molecule has 310 valence electrons. The number of likely N-dealkylation sites (tertiary alicyclic amines) is 2. The Morgan fingerprint density at radius 3 is 1.72 bits per heavy atom. The van der Waals surface area contributed by atoms with Gasteiger partial charge in [-0.25, -0.2) is 14.6 Å². The predicted octanol–water partition coefficient (Wildman–Crippen LogP) is 6.65. The Morgan fingerprint density at radius 2 is 1.28 bits per heavy atom. The molecule has 0 radical (unpaired) electrons. The van der Waals surface area contributed by atoms with Gasteiger partial charge in [-0.1, -0.05) is 58.7 Å². The first kappa shape index (κ1) is 47.4. The third kappa shape index (κ3) is 16.5. The number of fused-ring (bicyclic) bond motifs is 1. The number of anilines is 1. The average Bonchev–Trinajstić information content (AvgIpc) is 4.06. The number of aromatic nitrogens is 2. The van der Waals surface area contributed by atoms with Crippen LogP contribution in [-0.2, 0) is 23.9 Å². The van der Waals surface area contributed by atoms with Gasteiger partial charge in [0.1, 0.15) is 13.1 Å². The number of hydrogen-bond acceptors (Lipinski definition) is 10. The first-order valence-corrected chi connectivity index (χ1v) is 20.0. The Bertz CT molecular complexity index is 1830. The molecule has 4 aromatic rings. The van der Waals surface area contributed by atoms with E-state index >= 15 is 0 Å². The number of rotatable bonds is 8. The number of carbonyl (C=O) groups excluding carboxylic acids is 5. The molecule has 16 heteroatoms. The van der Waals surface area contributed by atoms with Crippen LogP contribution in [0.25, 0.3) is 32.5 Å². The molecule has 2 aliphatic heterocycles. The highest BCUT2D eigenvalue weighted by Crippen LogP contribution is 2.28. The monoisotopic (exact) mass is 807 g/mol. The van der Waals surface area contributed by atoms with Gasteiger partial charge in [0.05, 0.1) is 32.4 Å². The third-order valence-electron chi connectivity index (χ3n) is 8.06. The minimum Gasteiger partial charge on any atom is -0.453 e. The van der Waals surface area contributed by atoms with E-state index in [1.807, 2.05) is 35.7 Å². The lowest BCUT2D eigenvalue weighted by molar-refractivity contribution is -0.129. The van der Waals surface area contributed by atoms with Crippen molar-refractivity contribution in [2.45, 2.75) is 66.2 Å². The van der Waals surface area contributed by atoms with Gasteiger partial charge in [-0.2, -0.15) is 0 Å². The van der Waals surface area contributed by atoms with E-state index < -0.39 is 12.2 Å². The van der Waals surface area contributed by atoms with Crippen LogP contribution in [0.2, 0.25) is 0 Å². The fourth-order valence-electron chi connectivity index (χ4n) is 5.32. The molecule has 0 spiro atoms. The second-order valence-corrected chi connectivity index (χ2v) is 13.7. The summed E-state index contributed by atoms with van der Waals surface area (Å²) >= 11 is 1.53. The van der Waals surface area contributed by atoms with Crippen molar-refractivity contribution in [2.24, 2.45) is 0 Å². The number of H-pyrrole nitrogens is 1. The number of imidazole rings is 1. The van der Waals surface area contributed by atoms with Crippen LogP contribution in [0.5, 0.6) is 0 Å². The maximum absolute atomic E-state index is 12.9. The van der Waals surface area contributed by atoms with E-state index in [1.165, 1.54) is 38.4 Å². The van der Waals surface area contributed by atoms with Gasteiger partial charge in [-0.05, 0) is 55.5 Å². The van der Waals surface area contributed by atoms with Gasteiger partial charge in [-0.3, -0.25) is 19.2 Å². The fraction of sp³-hybridized carbons (Fsp3) is 0.439. The first-order valence-electron chi connectivity index (χ1n) is 19.1. The molecule has 4 heterocycles. The van der Waals surface area contributed by atoms with Crippen molar-refractivity contribution in [3.8, 4) is 22.4 Å². The highest BCUT2D eigenvalue weighted by molar-refractivity contribution is 7.16. The molecular weight excluding hydrogens is 751 g/mol. The van der Waals surface area contributed by atoms with E-state index in [0.29, 0.717) is 23.0 Å². The van der Waals surface area contributed by atoms with Gasteiger partial charge in [0.25, 0.3) is 0 Å². The predicted molar refractivity (Wildman–Crippen MR) is 225 cm³/mol. The van der Waals surface area contributed by atoms with Gasteiger partial charge < -0.3 is 40.2 Å². The zero-order valence-corrected chi connectivity index (χ0v) is 34.7. The van der Waals surface area contributed by atoms with E-state index in [9.17, 15) is 28.8 Å². The second-order valence-electron chi connectivity index (χ2n) is 12.8. The summed E-state index contributed by atoms with van der Waals surface area (Å²) in [6, 6.07) is 13.0. The molecule has 4 N–H and O–H groups in total. The molecule has 6 rings (SSSR count). The Balaban J connectivity index is 0.000000298. The lowest BCUT2D eigenvalue weighted by Gasteiger charge is -2.14. The highest BCUT2D eigenvalue weighted by atomic mass is 32.1. The lowest BCUT2D eigenvalue weighted by Crippen LogP contribution is -2.38. The average molecular weight is 808 g/mol. The van der Waals surface area contributed by atoms with Gasteiger partial charge in [0.15, 0.2) is 5.43 Å². The van der Waals surface area contributed by atoms with Crippen molar-refractivity contribution >= 4 is 57.5 Å². The molecule has 0 unspecified atom stereocenters. The quantitative estimate of drug-likeness (QED) is 0.141. The summed E-state index contributed by atoms with van der Waals surface area (Å²) in [6.07, 6.45) is 9.63. The Hall–Kier alpha value is -5.77. The maximum Gasteiger partial charge on any atom is 0.407 e. The fourth-order valence-corrected chi connectivity index (χ4v) is 6.29. The molecule has 0 bridgehead atoms. The minimum atomic E-state index is -0.562. The summed E-state index contributed by atoms with van der Waals surface area (Å²) in [5, 5.41) is 9.87. The molecule has 57 heavy (non-hydrogen) atoms. The number of alkyl carbamates (subject to hydrolysis) is 2. The Kier molecular flexibility index (Phi) is 22.4. The number of amides is 5. The Labute approximate surface area is 338 Å². The molecule has 2 fully saturated rings. The largest absolute Gasteiger partial charge is 0.453 e. The molecular formula is C41H57N7O8S. The normalized spacial score (nSPS) is 12.5. The van der Waals surface area contributed by atoms with Gasteiger partial charge >= 0.3 is 12.2 Å². The summed E-state index contributed by atoms with van der Waals surface area (Å²) in [4.78, 5) is 77.8. The van der Waals surface area contributed by atoms with Crippen LogP contribution in [0.15, 0.2) is 65.2 Å². The van der Waals surface area contributed by atoms with Crippen LogP contribution in [0.1, 0.15) is 66.2 Å². The number of benzene rings is 2. The molecule has 15 nitrogen and oxygen atoms in total. The smallest absolute Gasteiger partial charge is 0.407 e. The molecule has 0 aliphatic carbocycles. The van der Waals surface area contributed by atoms with Crippen molar-refractivity contribution in [3.05, 3.63) is 70.6 Å². The molecule has 2 aromatic heterocycles. The molecule has 2 saturated heterocycles. The van der Waals surface area contributed by atoms with Crippen LogP contribution >= 0.6 is 11.3 Å². The highest BCUT2D eigenvalue weighted by Gasteiger charge is 2.19. The van der Waals surface area contributed by atoms with Crippen LogP contribution in [-0.4, -0.2) is 104 Å². The second kappa shape index (κ2) is 26.9. The van der Waals surface area contributed by atoms with E-state index in [1.54, 1.807) is 34.5 Å². The number of nitrogens with one attached hydrogen (secondary N) is 4. The number of ether oxygens (including phenoxy) is 2. The number of carbonyl (C=O) groups is 5. The van der Waals surface area contributed by atoms with E-state index in [0.717, 1.165) is 73.4 Å². The maximum atomic E-state index is 12.9. The van der Waals surface area contributed by atoms with Crippen molar-refractivity contribution in [2.75, 3.05) is 58.8 Å². The van der Waals surface area contributed by atoms with Gasteiger partial charge in [0.2, 0.25) is 18.2 Å². The van der Waals surface area contributed by atoms with E-state index in [4.69, 9.17) is 0 Å². The summed E-state index contributed by atoms with van der Waals surface area (Å²) < 4.78 is 9.62. The standard InChI is InChI=1S/C19H13N3O2S.2C8H14N2O3.2C3H8/c23-11-22-14-4-1-12(2-5-14)16-9-25-18-7-13(17-8-20-10-21-17)3-6-15(18)19(16)24;2*1-13-8(12)9-6-7(11)10-4-2-3-5-10;2*1-3-2/h1-11H,(H,20,21)(H,22,23);2*2-6H2,1H3,(H,9,12);2*3H2,1-2H3. The molecule has 2 aliphatic rings. The first-order chi connectivity index (χ1) is 27.6. The van der Waals surface area contributed by atoms with Crippen molar-refractivity contribution < 1.29 is 33.4 Å². The van der Waals surface area contributed by atoms with Crippen LogP contribution < -0.4 is 21.4 Å². The van der Waals surface area contributed by atoms with Crippen LogP contribution in [0, 0.1) is 0 Å². The molecule has 2 aromatic carbocycles. The zero-order valence-electron chi connectivity index (χ0n) is 33.9. The summed E-state index contributed by atoms with van der Waals surface area (Å²) in [6.45, 7) is 11.8. The molecule has 0 saturated carbocycles. The molecule has 0 atom stereocenters. The van der Waals surface area contributed by atoms with E-state index in [-0.39, 0.29) is 30.3 Å². The number of methoxy groups -OCH3 is 2. The van der Waals surface area contributed by atoms with Crippen molar-refractivity contribution in [1.29, 1.82) is 0 Å². The summed E-state index contributed by atoms with van der Waals surface area (Å²) in [5.74, 6) is -0.0780. The van der Waals surface area contributed by atoms with Crippen molar-refractivity contribution in [3.63, 3.8) is 0 Å². The number of aromatic amines is 1. The van der Waals surface area contributed by atoms with Gasteiger partial charge in [-0.15, -0.1) is 11.3 Å². The van der Waals surface area contributed by atoms with Crippen LogP contribution in [0.4, 0.5) is 15.3 Å². The lowest BCUT2D eigenvalue weighted by atomic mass is 10.1. The minimum absolute atomic E-state index is 0.000933. The SMILES string of the molecule is CCC.CCC.COC(=O)NCC(=O)N1CCCC1.COC(=O)NCC(=O)N1CCCC1.O=CNc1ccc(-c2csc3cc(-c4cnc[nH]4)ccc3c2=O)cc1. The third-order valence-corrected chi connectivity index (χ3v) is 9.01. The number of nitrogens with zero attached hydrogens (tertiary/aromatic N) is 3. The van der Waals surface area contributed by atoms with E-state index in [2.05, 4.69) is 63.1 Å². The van der Waals surface area contributed by atoms with Crippen molar-refractivity contribution in [1.82, 2.24) is 30.4 Å². The molecule has 5 amide bonds. The Morgan fingerprint density at radius 1 is 0.789 bits per heavy atom. The number of hydrogen-bond donors (Lipinski definition) is 4. The summed E-state index contributed by atoms with van der Waals surface area (Å²) in [5.41, 5.74) is 4.10.